The normalized spacial score (nSPS) is 13.6. The minimum atomic E-state index is -0.797. The Morgan fingerprint density at radius 3 is 2.21 bits per heavy atom. The molecule has 0 saturated heterocycles. The summed E-state index contributed by atoms with van der Waals surface area (Å²) in [6.07, 6.45) is 1.30. The third-order valence-electron chi connectivity index (χ3n) is 3.24. The average molecular weight is 263 g/mol. The number of carboxylic acids is 1. The van der Waals surface area contributed by atoms with E-state index in [9.17, 15) is 9.59 Å². The highest BCUT2D eigenvalue weighted by atomic mass is 16.4. The van der Waals surface area contributed by atoms with Crippen LogP contribution in [0.5, 0.6) is 0 Å². The van der Waals surface area contributed by atoms with Gasteiger partial charge in [0.25, 0.3) is 0 Å². The summed E-state index contributed by atoms with van der Waals surface area (Å²) in [6.45, 7) is 5.54. The van der Waals surface area contributed by atoms with Gasteiger partial charge in [-0.3, -0.25) is 9.59 Å². The molecule has 4 nitrogen and oxygen atoms in total. The van der Waals surface area contributed by atoms with Crippen LogP contribution in [0, 0.1) is 11.8 Å². The molecule has 104 valence electrons. The van der Waals surface area contributed by atoms with E-state index in [1.165, 1.54) is 0 Å². The van der Waals surface area contributed by atoms with E-state index >= 15 is 0 Å². The van der Waals surface area contributed by atoms with E-state index in [0.717, 1.165) is 17.7 Å². The fourth-order valence-corrected chi connectivity index (χ4v) is 1.62. The topological polar surface area (TPSA) is 66.4 Å². The van der Waals surface area contributed by atoms with Gasteiger partial charge in [-0.15, -0.1) is 0 Å². The van der Waals surface area contributed by atoms with Crippen LogP contribution in [-0.4, -0.2) is 17.0 Å². The average Bonchev–Trinajstić information content (AvgIpc) is 2.39. The van der Waals surface area contributed by atoms with Crippen LogP contribution in [0.3, 0.4) is 0 Å². The first-order chi connectivity index (χ1) is 8.93. The van der Waals surface area contributed by atoms with Gasteiger partial charge in [-0.1, -0.05) is 32.9 Å². The molecule has 2 atom stereocenters. The van der Waals surface area contributed by atoms with Crippen molar-refractivity contribution in [3.63, 3.8) is 0 Å². The van der Waals surface area contributed by atoms with Crippen LogP contribution in [0.25, 0.3) is 0 Å². The molecule has 2 unspecified atom stereocenters. The molecule has 19 heavy (non-hydrogen) atoms. The summed E-state index contributed by atoms with van der Waals surface area (Å²) in [5.41, 5.74) is 1.70. The third kappa shape index (κ3) is 4.73. The first-order valence-corrected chi connectivity index (χ1v) is 6.56. The lowest BCUT2D eigenvalue weighted by molar-refractivity contribution is -0.141. The van der Waals surface area contributed by atoms with Crippen molar-refractivity contribution in [1.82, 2.24) is 0 Å². The number of amides is 1. The Balaban J connectivity index is 2.61. The molecule has 0 fully saturated rings. The monoisotopic (exact) mass is 263 g/mol. The van der Waals surface area contributed by atoms with Crippen molar-refractivity contribution < 1.29 is 14.7 Å². The maximum absolute atomic E-state index is 11.7. The highest BCUT2D eigenvalue weighted by Crippen LogP contribution is 2.15. The molecule has 0 heterocycles. The van der Waals surface area contributed by atoms with Crippen LogP contribution in [-0.2, 0) is 16.0 Å². The van der Waals surface area contributed by atoms with Crippen LogP contribution in [0.2, 0.25) is 0 Å². The molecule has 1 aromatic rings. The van der Waals surface area contributed by atoms with Crippen molar-refractivity contribution in [2.75, 3.05) is 5.32 Å². The molecule has 1 rings (SSSR count). The van der Waals surface area contributed by atoms with Crippen LogP contribution < -0.4 is 5.32 Å². The second-order valence-corrected chi connectivity index (χ2v) is 4.94. The van der Waals surface area contributed by atoms with E-state index in [0.29, 0.717) is 6.42 Å². The van der Waals surface area contributed by atoms with Gasteiger partial charge < -0.3 is 10.4 Å². The second-order valence-electron chi connectivity index (χ2n) is 4.94. The van der Waals surface area contributed by atoms with Gasteiger partial charge in [0.05, 0.1) is 5.92 Å². The van der Waals surface area contributed by atoms with E-state index in [1.807, 2.05) is 38.1 Å². The van der Waals surface area contributed by atoms with Gasteiger partial charge in [0, 0.05) is 11.6 Å². The predicted molar refractivity (Wildman–Crippen MR) is 75.0 cm³/mol. The Morgan fingerprint density at radius 1 is 1.16 bits per heavy atom. The smallest absolute Gasteiger partial charge is 0.306 e. The zero-order chi connectivity index (χ0) is 14.4. The molecule has 1 aromatic carbocycles. The zero-order valence-corrected chi connectivity index (χ0v) is 11.6. The van der Waals surface area contributed by atoms with Crippen LogP contribution in [0.1, 0.15) is 32.8 Å². The molecular weight excluding hydrogens is 242 g/mol. The Hall–Kier alpha value is -1.84. The van der Waals surface area contributed by atoms with E-state index in [1.54, 1.807) is 6.92 Å². The summed E-state index contributed by atoms with van der Waals surface area (Å²) in [7, 11) is 0. The Bertz CT molecular complexity index is 439. The molecule has 0 saturated carbocycles. The fraction of sp³-hybridized carbons (Fsp3) is 0.467. The van der Waals surface area contributed by atoms with Crippen molar-refractivity contribution in [2.24, 2.45) is 11.8 Å². The number of benzene rings is 1. The summed E-state index contributed by atoms with van der Waals surface area (Å²) in [6, 6.07) is 7.33. The summed E-state index contributed by atoms with van der Waals surface area (Å²) in [5.74, 6) is -1.20. The van der Waals surface area contributed by atoms with Crippen molar-refractivity contribution in [3.8, 4) is 0 Å². The van der Waals surface area contributed by atoms with Gasteiger partial charge in [-0.25, -0.2) is 0 Å². The molecule has 2 N–H and O–H groups in total. The Morgan fingerprint density at radius 2 is 1.74 bits per heavy atom. The zero-order valence-electron chi connectivity index (χ0n) is 11.6. The van der Waals surface area contributed by atoms with Crippen molar-refractivity contribution in [3.05, 3.63) is 29.8 Å². The molecular formula is C15H21NO3. The summed E-state index contributed by atoms with van der Waals surface area (Å²) >= 11 is 0. The molecule has 0 aliphatic carbocycles. The first-order valence-electron chi connectivity index (χ1n) is 6.56. The number of hydrogen-bond donors (Lipinski definition) is 2. The second kappa shape index (κ2) is 6.92. The maximum Gasteiger partial charge on any atom is 0.306 e. The molecule has 0 bridgehead atoms. The van der Waals surface area contributed by atoms with Gasteiger partial charge in [0.1, 0.15) is 0 Å². The van der Waals surface area contributed by atoms with Crippen molar-refractivity contribution in [2.45, 2.75) is 33.6 Å². The molecule has 0 spiro atoms. The lowest BCUT2D eigenvalue weighted by Crippen LogP contribution is -2.19. The number of rotatable bonds is 6. The maximum atomic E-state index is 11.7. The van der Waals surface area contributed by atoms with Crippen LogP contribution in [0.15, 0.2) is 24.3 Å². The summed E-state index contributed by atoms with van der Waals surface area (Å²) in [5, 5.41) is 11.7. The highest BCUT2D eigenvalue weighted by Gasteiger charge is 2.12. The Kier molecular flexibility index (Phi) is 5.55. The SMILES string of the molecule is CCC(C)C(=O)Nc1ccc(CC(C)C(=O)O)cc1. The van der Waals surface area contributed by atoms with E-state index < -0.39 is 11.9 Å². The summed E-state index contributed by atoms with van der Waals surface area (Å²) in [4.78, 5) is 22.5. The highest BCUT2D eigenvalue weighted by molar-refractivity contribution is 5.92. The number of carboxylic acid groups (broad SMARTS) is 1. The van der Waals surface area contributed by atoms with Crippen LogP contribution in [0.4, 0.5) is 5.69 Å². The number of anilines is 1. The number of carbonyl (C=O) groups is 2. The lowest BCUT2D eigenvalue weighted by Gasteiger charge is -2.11. The van der Waals surface area contributed by atoms with E-state index in [-0.39, 0.29) is 11.8 Å². The van der Waals surface area contributed by atoms with Crippen molar-refractivity contribution >= 4 is 17.6 Å². The molecule has 0 aromatic heterocycles. The van der Waals surface area contributed by atoms with Gasteiger partial charge in [-0.05, 0) is 30.5 Å². The molecule has 0 radical (unpaired) electrons. The minimum Gasteiger partial charge on any atom is -0.481 e. The minimum absolute atomic E-state index is 0.00768. The number of hydrogen-bond acceptors (Lipinski definition) is 2. The van der Waals surface area contributed by atoms with Gasteiger partial charge in [-0.2, -0.15) is 0 Å². The molecule has 0 aliphatic heterocycles. The third-order valence-corrected chi connectivity index (χ3v) is 3.24. The molecule has 1 amide bonds. The largest absolute Gasteiger partial charge is 0.481 e. The predicted octanol–water partition coefficient (Wildman–Crippen LogP) is 2.93. The van der Waals surface area contributed by atoms with Gasteiger partial charge >= 0.3 is 5.97 Å². The summed E-state index contributed by atoms with van der Waals surface area (Å²) < 4.78 is 0. The van der Waals surface area contributed by atoms with Crippen molar-refractivity contribution in [1.29, 1.82) is 0 Å². The quantitative estimate of drug-likeness (QED) is 0.829. The van der Waals surface area contributed by atoms with Gasteiger partial charge in [0.2, 0.25) is 5.91 Å². The fourth-order valence-electron chi connectivity index (χ4n) is 1.62. The molecule has 0 aliphatic rings. The van der Waals surface area contributed by atoms with Crippen LogP contribution >= 0.6 is 0 Å². The van der Waals surface area contributed by atoms with E-state index in [2.05, 4.69) is 5.32 Å². The number of aliphatic carboxylic acids is 1. The Labute approximate surface area is 113 Å². The molecule has 4 heteroatoms. The lowest BCUT2D eigenvalue weighted by atomic mass is 10.0. The number of carbonyl (C=O) groups excluding carboxylic acids is 1. The van der Waals surface area contributed by atoms with Gasteiger partial charge in [0.15, 0.2) is 0 Å². The standard InChI is InChI=1S/C15H21NO3/c1-4-10(2)14(17)16-13-7-5-12(6-8-13)9-11(3)15(18)19/h5-8,10-11H,4,9H2,1-3H3,(H,16,17)(H,18,19). The number of nitrogens with one attached hydrogen (secondary N) is 1. The van der Waals surface area contributed by atoms with E-state index in [4.69, 9.17) is 5.11 Å². The first kappa shape index (κ1) is 15.2.